The van der Waals surface area contributed by atoms with Crippen LogP contribution in [0.4, 0.5) is 11.4 Å². The van der Waals surface area contributed by atoms with Gasteiger partial charge in [0, 0.05) is 23.5 Å². The molecule has 2 aromatic rings. The molecule has 2 N–H and O–H groups in total. The molecule has 9 heteroatoms. The number of hydrogen-bond acceptors (Lipinski definition) is 7. The van der Waals surface area contributed by atoms with E-state index in [2.05, 4.69) is 10.6 Å². The molecule has 0 aliphatic heterocycles. The lowest BCUT2D eigenvalue weighted by Crippen LogP contribution is -2.24. The first kappa shape index (κ1) is 23.8. The number of benzene rings is 2. The van der Waals surface area contributed by atoms with Crippen molar-refractivity contribution >= 4 is 23.2 Å². The molecule has 0 unspecified atom stereocenters. The highest BCUT2D eigenvalue weighted by atomic mass is 16.5. The molecular weight excluding hydrogens is 404 g/mol. The first-order chi connectivity index (χ1) is 14.8. The van der Waals surface area contributed by atoms with E-state index in [0.717, 1.165) is 11.1 Å². The third-order valence-corrected chi connectivity index (χ3v) is 4.48. The van der Waals surface area contributed by atoms with Crippen molar-refractivity contribution < 1.29 is 33.3 Å². The van der Waals surface area contributed by atoms with Crippen LogP contribution in [-0.2, 0) is 14.3 Å². The van der Waals surface area contributed by atoms with Crippen molar-refractivity contribution in [3.63, 3.8) is 0 Å². The summed E-state index contributed by atoms with van der Waals surface area (Å²) in [4.78, 5) is 24.4. The summed E-state index contributed by atoms with van der Waals surface area (Å²) >= 11 is 0. The molecule has 168 valence electrons. The number of amides is 2. The van der Waals surface area contributed by atoms with E-state index in [-0.39, 0.29) is 13.2 Å². The van der Waals surface area contributed by atoms with E-state index in [0.29, 0.717) is 34.4 Å². The molecule has 0 spiro atoms. The minimum absolute atomic E-state index is 0.286. The summed E-state index contributed by atoms with van der Waals surface area (Å²) in [5.41, 5.74) is 2.73. The van der Waals surface area contributed by atoms with E-state index in [1.54, 1.807) is 24.3 Å². The molecular formula is C22H28N2O7. The third kappa shape index (κ3) is 6.26. The maximum absolute atomic E-state index is 12.2. The fourth-order valence-electron chi connectivity index (χ4n) is 2.84. The minimum Gasteiger partial charge on any atom is -0.493 e. The van der Waals surface area contributed by atoms with Gasteiger partial charge in [-0.2, -0.15) is 0 Å². The predicted octanol–water partition coefficient (Wildman–Crippen LogP) is 2.93. The van der Waals surface area contributed by atoms with E-state index in [4.69, 9.17) is 23.7 Å². The van der Waals surface area contributed by atoms with E-state index >= 15 is 0 Å². The number of nitrogens with one attached hydrogen (secondary N) is 2. The van der Waals surface area contributed by atoms with Crippen LogP contribution in [0.3, 0.4) is 0 Å². The van der Waals surface area contributed by atoms with Crippen molar-refractivity contribution in [3.05, 3.63) is 35.4 Å². The lowest BCUT2D eigenvalue weighted by atomic mass is 10.1. The Morgan fingerprint density at radius 3 is 1.29 bits per heavy atom. The second-order valence-corrected chi connectivity index (χ2v) is 6.63. The summed E-state index contributed by atoms with van der Waals surface area (Å²) in [6.07, 6.45) is 0. The Morgan fingerprint density at radius 1 is 0.645 bits per heavy atom. The van der Waals surface area contributed by atoms with Crippen molar-refractivity contribution in [2.24, 2.45) is 0 Å². The molecule has 31 heavy (non-hydrogen) atoms. The summed E-state index contributed by atoms with van der Waals surface area (Å²) in [6.45, 7) is 3.09. The smallest absolute Gasteiger partial charge is 0.250 e. The van der Waals surface area contributed by atoms with E-state index < -0.39 is 11.8 Å². The summed E-state index contributed by atoms with van der Waals surface area (Å²) in [7, 11) is 6.11. The topological polar surface area (TPSA) is 104 Å². The highest BCUT2D eigenvalue weighted by Crippen LogP contribution is 2.33. The first-order valence-electron chi connectivity index (χ1n) is 9.45. The lowest BCUT2D eigenvalue weighted by molar-refractivity contribution is -0.125. The number of carbonyl (C=O) groups excluding carboxylic acids is 2. The zero-order valence-corrected chi connectivity index (χ0v) is 18.6. The molecule has 0 radical (unpaired) electrons. The second-order valence-electron chi connectivity index (χ2n) is 6.63. The van der Waals surface area contributed by atoms with E-state index in [9.17, 15) is 9.59 Å². The Balaban J connectivity index is 1.90. The van der Waals surface area contributed by atoms with Gasteiger partial charge in [-0.1, -0.05) is 0 Å². The number of anilines is 2. The maximum Gasteiger partial charge on any atom is 0.250 e. The van der Waals surface area contributed by atoms with Gasteiger partial charge < -0.3 is 34.3 Å². The van der Waals surface area contributed by atoms with Gasteiger partial charge in [-0.05, 0) is 37.1 Å². The number of ether oxygens (including phenoxy) is 5. The molecule has 2 aromatic carbocycles. The number of rotatable bonds is 10. The first-order valence-corrected chi connectivity index (χ1v) is 9.45. The van der Waals surface area contributed by atoms with Crippen molar-refractivity contribution in [3.8, 4) is 23.0 Å². The lowest BCUT2D eigenvalue weighted by Gasteiger charge is -2.14. The van der Waals surface area contributed by atoms with Gasteiger partial charge in [0.2, 0.25) is 11.8 Å². The Kier molecular flexibility index (Phi) is 8.51. The molecule has 2 rings (SSSR count). The average Bonchev–Trinajstić information content (AvgIpc) is 2.75. The third-order valence-electron chi connectivity index (χ3n) is 4.48. The van der Waals surface area contributed by atoms with Gasteiger partial charge in [-0.25, -0.2) is 0 Å². The molecule has 0 saturated carbocycles. The summed E-state index contributed by atoms with van der Waals surface area (Å²) in [6, 6.07) is 6.85. The number of aryl methyl sites for hydroxylation is 2. The van der Waals surface area contributed by atoms with Crippen LogP contribution in [0.25, 0.3) is 0 Å². The van der Waals surface area contributed by atoms with Crippen LogP contribution in [-0.4, -0.2) is 53.5 Å². The zero-order chi connectivity index (χ0) is 23.0. The molecule has 0 bridgehead atoms. The van der Waals surface area contributed by atoms with E-state index in [1.807, 2.05) is 13.8 Å². The van der Waals surface area contributed by atoms with Gasteiger partial charge in [-0.15, -0.1) is 0 Å². The summed E-state index contributed by atoms with van der Waals surface area (Å²) < 4.78 is 26.2. The predicted molar refractivity (Wildman–Crippen MR) is 117 cm³/mol. The molecule has 9 nitrogen and oxygen atoms in total. The molecule has 0 heterocycles. The average molecular weight is 432 g/mol. The van der Waals surface area contributed by atoms with Crippen LogP contribution >= 0.6 is 0 Å². The van der Waals surface area contributed by atoms with Crippen LogP contribution in [0.15, 0.2) is 24.3 Å². The fraction of sp³-hybridized carbons (Fsp3) is 0.364. The molecule has 0 atom stereocenters. The summed E-state index contributed by atoms with van der Waals surface area (Å²) in [5, 5.41) is 5.47. The summed E-state index contributed by atoms with van der Waals surface area (Å²) in [5.74, 6) is 1.33. The van der Waals surface area contributed by atoms with Crippen molar-refractivity contribution in [2.75, 3.05) is 52.3 Å². The monoisotopic (exact) mass is 432 g/mol. The number of methoxy groups -OCH3 is 4. The van der Waals surface area contributed by atoms with Gasteiger partial charge >= 0.3 is 0 Å². The highest BCUT2D eigenvalue weighted by Gasteiger charge is 2.13. The Labute approximate surface area is 181 Å². The molecule has 0 aliphatic carbocycles. The van der Waals surface area contributed by atoms with Gasteiger partial charge in [0.15, 0.2) is 23.0 Å². The fourth-order valence-corrected chi connectivity index (χ4v) is 2.84. The molecule has 2 amide bonds. The second kappa shape index (κ2) is 11.1. The Bertz CT molecular complexity index is 868. The van der Waals surface area contributed by atoms with Crippen LogP contribution < -0.4 is 29.6 Å². The van der Waals surface area contributed by atoms with Crippen LogP contribution in [0.5, 0.6) is 23.0 Å². The standard InChI is InChI=1S/C22H28N2O7/c1-13-7-17(27-3)19(29-5)9-15(13)23-21(25)11-31-12-22(26)24-16-10-20(30-6)18(28-4)8-14(16)2/h7-10H,11-12H2,1-6H3,(H,23,25)(H,24,26). The minimum atomic E-state index is -0.398. The number of hydrogen-bond donors (Lipinski definition) is 2. The zero-order valence-electron chi connectivity index (χ0n) is 18.6. The quantitative estimate of drug-likeness (QED) is 0.595. The van der Waals surface area contributed by atoms with Gasteiger partial charge in [0.25, 0.3) is 0 Å². The largest absolute Gasteiger partial charge is 0.493 e. The van der Waals surface area contributed by atoms with Crippen molar-refractivity contribution in [2.45, 2.75) is 13.8 Å². The van der Waals surface area contributed by atoms with Crippen molar-refractivity contribution in [1.82, 2.24) is 0 Å². The molecule has 0 fully saturated rings. The van der Waals surface area contributed by atoms with Gasteiger partial charge in [0.05, 0.1) is 28.4 Å². The number of carbonyl (C=O) groups is 2. The molecule has 0 saturated heterocycles. The SMILES string of the molecule is COc1cc(C)c(NC(=O)COCC(=O)Nc2cc(OC)c(OC)cc2C)cc1OC. The Morgan fingerprint density at radius 2 is 0.968 bits per heavy atom. The normalized spacial score (nSPS) is 10.3. The van der Waals surface area contributed by atoms with Crippen LogP contribution in [0, 0.1) is 13.8 Å². The Hall–Kier alpha value is -3.46. The van der Waals surface area contributed by atoms with Crippen LogP contribution in [0.1, 0.15) is 11.1 Å². The van der Waals surface area contributed by atoms with Crippen LogP contribution in [0.2, 0.25) is 0 Å². The van der Waals surface area contributed by atoms with E-state index in [1.165, 1.54) is 28.4 Å². The highest BCUT2D eigenvalue weighted by molar-refractivity contribution is 5.94. The van der Waals surface area contributed by atoms with Crippen molar-refractivity contribution in [1.29, 1.82) is 0 Å². The van der Waals surface area contributed by atoms with Gasteiger partial charge in [0.1, 0.15) is 13.2 Å². The van der Waals surface area contributed by atoms with Gasteiger partial charge in [-0.3, -0.25) is 9.59 Å². The maximum atomic E-state index is 12.2. The molecule has 0 aliphatic rings. The molecule has 0 aromatic heterocycles.